The molecule has 0 amide bonds. The molecule has 0 bridgehead atoms. The van der Waals surface area contributed by atoms with E-state index in [9.17, 15) is 0 Å². The van der Waals surface area contributed by atoms with Crippen molar-refractivity contribution < 1.29 is 4.74 Å². The second kappa shape index (κ2) is 11.4. The number of benzene rings is 1. The summed E-state index contributed by atoms with van der Waals surface area (Å²) < 4.78 is 5.58. The summed E-state index contributed by atoms with van der Waals surface area (Å²) in [6, 6.07) is 11.9. The van der Waals surface area contributed by atoms with Crippen molar-refractivity contribution in [3.8, 4) is 19.0 Å². The Morgan fingerprint density at radius 2 is 1.77 bits per heavy atom. The number of rotatable bonds is 4. The summed E-state index contributed by atoms with van der Waals surface area (Å²) in [4.78, 5) is 4.16. The Hall–Kier alpha value is -3.38. The number of aromatic nitrogens is 1. The van der Waals surface area contributed by atoms with Gasteiger partial charge in [0.2, 0.25) is 5.88 Å². The van der Waals surface area contributed by atoms with E-state index in [0.717, 1.165) is 11.1 Å². The summed E-state index contributed by atoms with van der Waals surface area (Å²) >= 11 is 0. The van der Waals surface area contributed by atoms with Crippen molar-refractivity contribution in [2.24, 2.45) is 10.9 Å². The van der Waals surface area contributed by atoms with Gasteiger partial charge in [0.05, 0.1) is 6.21 Å². The van der Waals surface area contributed by atoms with Crippen LogP contribution in [0.3, 0.4) is 0 Å². The molecule has 0 aliphatic heterocycles. The number of nitrogens with two attached hydrogens (primary N) is 1. The number of nitriles is 2. The van der Waals surface area contributed by atoms with Gasteiger partial charge in [-0.15, -0.1) is 0 Å². The molecule has 1 aromatic carbocycles. The van der Waals surface area contributed by atoms with Crippen molar-refractivity contribution in [1.29, 1.82) is 10.5 Å². The van der Waals surface area contributed by atoms with Gasteiger partial charge in [-0.05, 0) is 18.6 Å². The predicted molar refractivity (Wildman–Crippen MR) is 84.9 cm³/mol. The van der Waals surface area contributed by atoms with Crippen LogP contribution in [0, 0.1) is 30.6 Å². The van der Waals surface area contributed by atoms with E-state index in [1.807, 2.05) is 18.2 Å². The number of pyridine rings is 1. The third-order valence-corrected chi connectivity index (χ3v) is 2.49. The first-order valence-electron chi connectivity index (χ1n) is 6.17. The molecule has 0 saturated carbocycles. The Labute approximate surface area is 130 Å². The van der Waals surface area contributed by atoms with Gasteiger partial charge < -0.3 is 10.6 Å². The van der Waals surface area contributed by atoms with Crippen LogP contribution in [0.5, 0.6) is 5.88 Å². The van der Waals surface area contributed by atoms with Crippen LogP contribution in [0.4, 0.5) is 0 Å². The number of hydrazone groups is 1. The fourth-order valence-corrected chi connectivity index (χ4v) is 1.48. The maximum Gasteiger partial charge on any atom is 0.213 e. The first-order chi connectivity index (χ1) is 10.8. The average molecular weight is 295 g/mol. The van der Waals surface area contributed by atoms with Crippen molar-refractivity contribution in [3.05, 3.63) is 59.3 Å². The molecule has 2 rings (SSSR count). The second-order valence-corrected chi connectivity index (χ2v) is 3.98. The van der Waals surface area contributed by atoms with E-state index < -0.39 is 0 Å². The van der Waals surface area contributed by atoms with Crippen LogP contribution in [0.2, 0.25) is 0 Å². The minimum atomic E-state index is 0.512. The third-order valence-electron chi connectivity index (χ3n) is 2.49. The lowest BCUT2D eigenvalue weighted by Gasteiger charge is -2.05. The van der Waals surface area contributed by atoms with Crippen molar-refractivity contribution in [1.82, 2.24) is 4.98 Å². The number of aryl methyl sites for hydroxylation is 1. The minimum absolute atomic E-state index is 0.512. The Morgan fingerprint density at radius 1 is 1.14 bits per heavy atom. The predicted octanol–water partition coefficient (Wildman–Crippen LogP) is 2.54. The van der Waals surface area contributed by atoms with E-state index in [4.69, 9.17) is 21.1 Å². The maximum atomic E-state index is 6.50. The first-order valence-corrected chi connectivity index (χ1v) is 6.17. The second-order valence-electron chi connectivity index (χ2n) is 3.98. The molecule has 2 aromatic rings. The summed E-state index contributed by atoms with van der Waals surface area (Å²) in [7, 11) is 0. The van der Waals surface area contributed by atoms with Gasteiger partial charge in [-0.1, -0.05) is 29.8 Å². The quantitative estimate of drug-likeness (QED) is 0.529. The van der Waals surface area contributed by atoms with Gasteiger partial charge in [0, 0.05) is 31.0 Å². The molecule has 0 fully saturated rings. The molecule has 0 saturated heterocycles. The molecular formula is C16H17N5O. The highest BCUT2D eigenvalue weighted by atomic mass is 16.5. The molecule has 1 aromatic heterocycles. The molecule has 0 atom stereocenters. The van der Waals surface area contributed by atoms with Crippen molar-refractivity contribution in [2.75, 3.05) is 0 Å². The van der Waals surface area contributed by atoms with Crippen LogP contribution in [0.1, 0.15) is 16.7 Å². The number of hydrogen-bond donors (Lipinski definition) is 1. The molecule has 112 valence electrons. The van der Waals surface area contributed by atoms with Crippen LogP contribution < -0.4 is 10.6 Å². The van der Waals surface area contributed by atoms with Gasteiger partial charge in [-0.25, -0.2) is 15.5 Å². The van der Waals surface area contributed by atoms with Crippen LogP contribution in [0.25, 0.3) is 0 Å². The van der Waals surface area contributed by atoms with Gasteiger partial charge in [-0.3, -0.25) is 0 Å². The molecule has 22 heavy (non-hydrogen) atoms. The molecule has 0 aliphatic carbocycles. The molecule has 1 heterocycles. The van der Waals surface area contributed by atoms with E-state index in [-0.39, 0.29) is 0 Å². The molecule has 6 heteroatoms. The zero-order valence-electron chi connectivity index (χ0n) is 12.3. The first kappa shape index (κ1) is 18.6. The van der Waals surface area contributed by atoms with Crippen LogP contribution in [-0.2, 0) is 6.61 Å². The molecule has 0 unspecified atom stereocenters. The normalized spacial score (nSPS) is 8.95. The van der Waals surface area contributed by atoms with Crippen molar-refractivity contribution in [3.63, 3.8) is 0 Å². The lowest BCUT2D eigenvalue weighted by molar-refractivity contribution is 0.294. The standard InChI is InChI=1S/C14H15N3O.2CHN/c1-11-2-4-12(5-3-11)10-18-14-7-6-13(8-16-14)9-17-15;2*1-2/h2-9H,10,15H2,1H3;2*1H. The Morgan fingerprint density at radius 3 is 2.27 bits per heavy atom. The summed E-state index contributed by atoms with van der Waals surface area (Å²) in [5.41, 5.74) is 3.21. The van der Waals surface area contributed by atoms with Gasteiger partial charge in [0.1, 0.15) is 6.61 Å². The molecule has 0 radical (unpaired) electrons. The topological polar surface area (TPSA) is 108 Å². The number of nitrogens with zero attached hydrogens (tertiary/aromatic N) is 4. The molecule has 0 aliphatic rings. The maximum absolute atomic E-state index is 6.50. The van der Waals surface area contributed by atoms with Gasteiger partial charge in [0.25, 0.3) is 0 Å². The van der Waals surface area contributed by atoms with Crippen LogP contribution in [-0.4, -0.2) is 11.2 Å². The molecule has 0 spiro atoms. The lowest BCUT2D eigenvalue weighted by Crippen LogP contribution is -1.97. The highest BCUT2D eigenvalue weighted by Crippen LogP contribution is 2.10. The minimum Gasteiger partial charge on any atom is -0.473 e. The van der Waals surface area contributed by atoms with Gasteiger partial charge in [-0.2, -0.15) is 5.10 Å². The fraction of sp³-hybridized carbons (Fsp3) is 0.125. The largest absolute Gasteiger partial charge is 0.473 e. The monoisotopic (exact) mass is 295 g/mol. The zero-order chi connectivity index (χ0) is 16.8. The SMILES string of the molecule is C#N.C#N.Cc1ccc(COc2ccc(C=NN)cn2)cc1. The highest BCUT2D eigenvalue weighted by Gasteiger charge is 1.97. The number of ether oxygens (including phenoxy) is 1. The Kier molecular flexibility index (Phi) is 9.69. The van der Waals surface area contributed by atoms with Crippen LogP contribution in [0.15, 0.2) is 47.7 Å². The molecular weight excluding hydrogens is 278 g/mol. The van der Waals surface area contributed by atoms with Crippen molar-refractivity contribution >= 4 is 6.21 Å². The summed E-state index contributed by atoms with van der Waals surface area (Å²) in [6.45, 7) is 9.57. The number of hydrogen-bond acceptors (Lipinski definition) is 6. The lowest BCUT2D eigenvalue weighted by atomic mass is 10.2. The summed E-state index contributed by atoms with van der Waals surface area (Å²) in [5.74, 6) is 5.64. The van der Waals surface area contributed by atoms with E-state index in [1.54, 1.807) is 12.3 Å². The van der Waals surface area contributed by atoms with Crippen molar-refractivity contribution in [2.45, 2.75) is 13.5 Å². The highest BCUT2D eigenvalue weighted by molar-refractivity contribution is 5.78. The third kappa shape index (κ3) is 6.69. The van der Waals surface area contributed by atoms with E-state index >= 15 is 0 Å². The average Bonchev–Trinajstić information content (AvgIpc) is 2.60. The van der Waals surface area contributed by atoms with E-state index in [2.05, 4.69) is 42.3 Å². The zero-order valence-corrected chi connectivity index (χ0v) is 12.3. The smallest absolute Gasteiger partial charge is 0.213 e. The fourth-order valence-electron chi connectivity index (χ4n) is 1.48. The Bertz CT molecular complexity index is 594. The summed E-state index contributed by atoms with van der Waals surface area (Å²) in [5, 5.41) is 16.4. The van der Waals surface area contributed by atoms with Gasteiger partial charge in [0.15, 0.2) is 0 Å². The Balaban J connectivity index is 0.00000102. The van der Waals surface area contributed by atoms with E-state index in [0.29, 0.717) is 12.5 Å². The molecule has 6 nitrogen and oxygen atoms in total. The molecule has 2 N–H and O–H groups in total. The van der Waals surface area contributed by atoms with E-state index in [1.165, 1.54) is 11.8 Å². The summed E-state index contributed by atoms with van der Waals surface area (Å²) in [6.07, 6.45) is 3.21. The van der Waals surface area contributed by atoms with Crippen LogP contribution >= 0.6 is 0 Å². The van der Waals surface area contributed by atoms with Gasteiger partial charge >= 0.3 is 0 Å².